The van der Waals surface area contributed by atoms with E-state index in [2.05, 4.69) is 5.32 Å². The molecule has 2 aromatic rings. The van der Waals surface area contributed by atoms with Crippen molar-refractivity contribution < 1.29 is 14.3 Å². The topological polar surface area (TPSA) is 71.3 Å². The number of anilines is 1. The van der Waals surface area contributed by atoms with Gasteiger partial charge in [-0.2, -0.15) is 5.26 Å². The van der Waals surface area contributed by atoms with Crippen LogP contribution in [0.4, 0.5) is 5.69 Å². The van der Waals surface area contributed by atoms with Gasteiger partial charge in [-0.25, -0.2) is 0 Å². The summed E-state index contributed by atoms with van der Waals surface area (Å²) in [6.07, 6.45) is 0. The van der Waals surface area contributed by atoms with Crippen molar-refractivity contribution >= 4 is 23.2 Å². The van der Waals surface area contributed by atoms with E-state index in [-0.39, 0.29) is 12.5 Å². The Kier molecular flexibility index (Phi) is 5.45. The quantitative estimate of drug-likeness (QED) is 0.910. The molecule has 0 heterocycles. The maximum Gasteiger partial charge on any atom is 0.262 e. The Hall–Kier alpha value is -2.71. The summed E-state index contributed by atoms with van der Waals surface area (Å²) < 4.78 is 10.6. The van der Waals surface area contributed by atoms with Crippen molar-refractivity contribution in [2.45, 2.75) is 6.92 Å². The summed E-state index contributed by atoms with van der Waals surface area (Å²) >= 11 is 6.03. The number of nitrogens with zero attached hydrogens (tertiary/aromatic N) is 1. The summed E-state index contributed by atoms with van der Waals surface area (Å²) in [5.41, 5.74) is 1.82. The van der Waals surface area contributed by atoms with Crippen molar-refractivity contribution in [1.82, 2.24) is 0 Å². The molecule has 23 heavy (non-hydrogen) atoms. The van der Waals surface area contributed by atoms with Gasteiger partial charge in [0.1, 0.15) is 11.5 Å². The minimum absolute atomic E-state index is 0.181. The number of hydrogen-bond acceptors (Lipinski definition) is 4. The third-order valence-corrected chi connectivity index (χ3v) is 3.50. The second kappa shape index (κ2) is 7.52. The minimum atomic E-state index is -0.340. The van der Waals surface area contributed by atoms with Crippen molar-refractivity contribution in [3.05, 3.63) is 52.5 Å². The van der Waals surface area contributed by atoms with Gasteiger partial charge in [-0.1, -0.05) is 17.7 Å². The van der Waals surface area contributed by atoms with Gasteiger partial charge < -0.3 is 14.8 Å². The SMILES string of the molecule is COc1cc(Cl)c(C)cc1NC(=O)COc1cccc(C#N)c1. The zero-order chi connectivity index (χ0) is 16.8. The molecule has 0 atom stereocenters. The third kappa shape index (κ3) is 4.38. The van der Waals surface area contributed by atoms with Crippen LogP contribution in [0, 0.1) is 18.3 Å². The molecule has 5 nitrogen and oxygen atoms in total. The summed E-state index contributed by atoms with van der Waals surface area (Å²) in [6, 6.07) is 12.0. The highest BCUT2D eigenvalue weighted by Crippen LogP contribution is 2.30. The standard InChI is InChI=1S/C17H15ClN2O3/c1-11-6-15(16(22-2)8-14(11)18)20-17(21)10-23-13-5-3-4-12(7-13)9-19/h3-8H,10H2,1-2H3,(H,20,21). The molecule has 0 radical (unpaired) electrons. The molecule has 0 spiro atoms. The van der Waals surface area contributed by atoms with Crippen LogP contribution in [0.3, 0.4) is 0 Å². The molecular weight excluding hydrogens is 316 g/mol. The molecule has 0 unspecified atom stereocenters. The van der Waals surface area contributed by atoms with E-state index in [0.717, 1.165) is 5.56 Å². The third-order valence-electron chi connectivity index (χ3n) is 3.09. The van der Waals surface area contributed by atoms with E-state index < -0.39 is 0 Å². The smallest absolute Gasteiger partial charge is 0.262 e. The summed E-state index contributed by atoms with van der Waals surface area (Å²) in [5.74, 6) is 0.589. The van der Waals surface area contributed by atoms with Crippen LogP contribution < -0.4 is 14.8 Å². The lowest BCUT2D eigenvalue weighted by Gasteiger charge is -2.12. The number of nitriles is 1. The van der Waals surface area contributed by atoms with Crippen LogP contribution in [0.2, 0.25) is 5.02 Å². The first kappa shape index (κ1) is 16.7. The van der Waals surface area contributed by atoms with E-state index in [4.69, 9.17) is 26.3 Å². The fourth-order valence-corrected chi connectivity index (χ4v) is 2.07. The average molecular weight is 331 g/mol. The molecule has 118 valence electrons. The fourth-order valence-electron chi connectivity index (χ4n) is 1.92. The lowest BCUT2D eigenvalue weighted by atomic mass is 10.2. The van der Waals surface area contributed by atoms with Gasteiger partial charge in [0.05, 0.1) is 24.4 Å². The highest BCUT2D eigenvalue weighted by atomic mass is 35.5. The van der Waals surface area contributed by atoms with Gasteiger partial charge in [-0.3, -0.25) is 4.79 Å². The number of methoxy groups -OCH3 is 1. The molecule has 2 aromatic carbocycles. The molecule has 2 rings (SSSR count). The van der Waals surface area contributed by atoms with E-state index in [0.29, 0.717) is 27.8 Å². The van der Waals surface area contributed by atoms with Crippen LogP contribution >= 0.6 is 11.6 Å². The number of aryl methyl sites for hydroxylation is 1. The van der Waals surface area contributed by atoms with Crippen LogP contribution in [0.5, 0.6) is 11.5 Å². The summed E-state index contributed by atoms with van der Waals surface area (Å²) in [7, 11) is 1.50. The largest absolute Gasteiger partial charge is 0.495 e. The van der Waals surface area contributed by atoms with Crippen LogP contribution in [0.1, 0.15) is 11.1 Å². The molecule has 0 aliphatic rings. The number of amides is 1. The van der Waals surface area contributed by atoms with Gasteiger partial charge in [0.15, 0.2) is 6.61 Å². The van der Waals surface area contributed by atoms with Crippen molar-refractivity contribution in [2.75, 3.05) is 19.0 Å². The number of carbonyl (C=O) groups excluding carboxylic acids is 1. The molecule has 0 aliphatic carbocycles. The molecule has 0 saturated heterocycles. The zero-order valence-electron chi connectivity index (χ0n) is 12.7. The second-order valence-electron chi connectivity index (χ2n) is 4.78. The van der Waals surface area contributed by atoms with Crippen molar-refractivity contribution in [2.24, 2.45) is 0 Å². The summed E-state index contributed by atoms with van der Waals surface area (Å²) in [5, 5.41) is 12.1. The van der Waals surface area contributed by atoms with E-state index >= 15 is 0 Å². The minimum Gasteiger partial charge on any atom is -0.495 e. The van der Waals surface area contributed by atoms with Crippen LogP contribution in [0.25, 0.3) is 0 Å². The maximum absolute atomic E-state index is 12.0. The van der Waals surface area contributed by atoms with Gasteiger partial charge in [-0.15, -0.1) is 0 Å². The Labute approximate surface area is 139 Å². The first-order valence-corrected chi connectivity index (χ1v) is 7.18. The monoisotopic (exact) mass is 330 g/mol. The lowest BCUT2D eigenvalue weighted by molar-refractivity contribution is -0.118. The number of ether oxygens (including phenoxy) is 2. The Morgan fingerprint density at radius 2 is 2.13 bits per heavy atom. The van der Waals surface area contributed by atoms with Crippen LogP contribution in [0.15, 0.2) is 36.4 Å². The van der Waals surface area contributed by atoms with Gasteiger partial charge in [0.2, 0.25) is 0 Å². The number of rotatable bonds is 5. The van der Waals surface area contributed by atoms with E-state index in [1.54, 1.807) is 36.4 Å². The Morgan fingerprint density at radius 1 is 1.35 bits per heavy atom. The average Bonchev–Trinajstić information content (AvgIpc) is 2.56. The molecule has 0 fully saturated rings. The zero-order valence-corrected chi connectivity index (χ0v) is 13.5. The van der Waals surface area contributed by atoms with Crippen molar-refractivity contribution in [3.63, 3.8) is 0 Å². The predicted octanol–water partition coefficient (Wildman–Crippen LogP) is 3.55. The molecular formula is C17H15ClN2O3. The molecule has 0 bridgehead atoms. The fraction of sp³-hybridized carbons (Fsp3) is 0.176. The number of nitrogens with one attached hydrogen (secondary N) is 1. The Morgan fingerprint density at radius 3 is 2.83 bits per heavy atom. The molecule has 1 N–H and O–H groups in total. The maximum atomic E-state index is 12.0. The number of benzene rings is 2. The summed E-state index contributed by atoms with van der Waals surface area (Å²) in [4.78, 5) is 12.0. The second-order valence-corrected chi connectivity index (χ2v) is 5.19. The number of carbonyl (C=O) groups is 1. The number of halogens is 1. The molecule has 0 aliphatic heterocycles. The van der Waals surface area contributed by atoms with Crippen molar-refractivity contribution in [1.29, 1.82) is 5.26 Å². The summed E-state index contributed by atoms with van der Waals surface area (Å²) in [6.45, 7) is 1.65. The number of hydrogen-bond donors (Lipinski definition) is 1. The molecule has 0 aromatic heterocycles. The first-order chi connectivity index (χ1) is 11.0. The first-order valence-electron chi connectivity index (χ1n) is 6.80. The van der Waals surface area contributed by atoms with E-state index in [9.17, 15) is 4.79 Å². The Balaban J connectivity index is 2.02. The highest BCUT2D eigenvalue weighted by Gasteiger charge is 2.11. The normalized spacial score (nSPS) is 9.83. The van der Waals surface area contributed by atoms with Gasteiger partial charge in [0.25, 0.3) is 5.91 Å². The van der Waals surface area contributed by atoms with Gasteiger partial charge in [-0.05, 0) is 36.8 Å². The molecule has 0 saturated carbocycles. The van der Waals surface area contributed by atoms with Gasteiger partial charge in [0, 0.05) is 11.1 Å². The predicted molar refractivity (Wildman–Crippen MR) is 88.0 cm³/mol. The van der Waals surface area contributed by atoms with E-state index in [1.165, 1.54) is 7.11 Å². The molecule has 6 heteroatoms. The van der Waals surface area contributed by atoms with Gasteiger partial charge >= 0.3 is 0 Å². The molecule has 1 amide bonds. The van der Waals surface area contributed by atoms with E-state index in [1.807, 2.05) is 13.0 Å². The van der Waals surface area contributed by atoms with Crippen LogP contribution in [-0.4, -0.2) is 19.6 Å². The van der Waals surface area contributed by atoms with Crippen molar-refractivity contribution in [3.8, 4) is 17.6 Å². The van der Waals surface area contributed by atoms with Crippen LogP contribution in [-0.2, 0) is 4.79 Å². The lowest BCUT2D eigenvalue weighted by Crippen LogP contribution is -2.20. The highest BCUT2D eigenvalue weighted by molar-refractivity contribution is 6.31. The Bertz CT molecular complexity index is 769.